The van der Waals surface area contributed by atoms with Gasteiger partial charge in [-0.25, -0.2) is 8.42 Å². The number of phenols is 1. The minimum atomic E-state index is -6.09. The fourth-order valence-corrected chi connectivity index (χ4v) is 1.58. The van der Waals surface area contributed by atoms with Crippen LogP contribution in [0.3, 0.4) is 0 Å². The van der Waals surface area contributed by atoms with E-state index in [4.69, 9.17) is 13.0 Å². The fourth-order valence-electron chi connectivity index (χ4n) is 1.29. The summed E-state index contributed by atoms with van der Waals surface area (Å²) < 4.78 is 58.9. The number of benzene rings is 2. The van der Waals surface area contributed by atoms with Gasteiger partial charge in [0.25, 0.3) is 0 Å². The van der Waals surface area contributed by atoms with Gasteiger partial charge in [-0.1, -0.05) is 24.3 Å². The molecule has 0 spiro atoms. The van der Waals surface area contributed by atoms with E-state index < -0.39 is 15.6 Å². The average Bonchev–Trinajstić information content (AvgIpc) is 2.26. The van der Waals surface area contributed by atoms with Crippen molar-refractivity contribution in [3.05, 3.63) is 36.4 Å². The summed E-state index contributed by atoms with van der Waals surface area (Å²) in [5.41, 5.74) is -5.65. The van der Waals surface area contributed by atoms with Crippen molar-refractivity contribution in [2.24, 2.45) is 0 Å². The predicted octanol–water partition coefficient (Wildman–Crippen LogP) is 1.97. The molecule has 2 rings (SSSR count). The summed E-state index contributed by atoms with van der Waals surface area (Å²) in [4.78, 5) is 0.895. The topological polar surface area (TPSA) is 77.4 Å². The summed E-state index contributed by atoms with van der Waals surface area (Å²) in [6, 6.07) is 11.4. The van der Waals surface area contributed by atoms with E-state index in [1.165, 1.54) is 0 Å². The molecule has 0 saturated heterocycles. The van der Waals surface area contributed by atoms with Gasteiger partial charge in [-0.05, 0) is 18.0 Å². The minimum absolute atomic E-state index is 0.318. The lowest BCUT2D eigenvalue weighted by atomic mass is 10.1. The van der Waals surface area contributed by atoms with Crippen LogP contribution in [0.1, 0.15) is 0 Å². The third kappa shape index (κ3) is 4.29. The van der Waals surface area contributed by atoms with Gasteiger partial charge in [-0.3, -0.25) is 0 Å². The number of alkyl halides is 3. The second-order valence-corrected chi connectivity index (χ2v) is 5.56. The second-order valence-electron chi connectivity index (χ2n) is 3.62. The van der Waals surface area contributed by atoms with Crippen molar-refractivity contribution in [2.45, 2.75) is 10.4 Å². The smallest absolute Gasteiger partial charge is 0.485 e. The largest absolute Gasteiger partial charge is 0.741 e. The Morgan fingerprint density at radius 2 is 1.65 bits per heavy atom. The Morgan fingerprint density at radius 3 is 2.15 bits per heavy atom. The molecule has 0 unspecified atom stereocenters. The van der Waals surface area contributed by atoms with Gasteiger partial charge in [0.1, 0.15) is 5.75 Å². The van der Waals surface area contributed by atoms with E-state index in [-0.39, 0.29) is 0 Å². The van der Waals surface area contributed by atoms with Crippen molar-refractivity contribution in [2.75, 3.05) is 0 Å². The Kier molecular flexibility index (Phi) is 4.90. The number of phenolic OH excluding ortho intramolecular Hbond substituents is 1. The molecule has 0 amide bonds. The lowest BCUT2D eigenvalue weighted by Gasteiger charge is -2.08. The first-order chi connectivity index (χ1) is 9.02. The molecule has 2 aromatic carbocycles. The number of rotatable bonds is 0. The van der Waals surface area contributed by atoms with E-state index in [0.717, 1.165) is 15.7 Å². The van der Waals surface area contributed by atoms with Crippen LogP contribution >= 0.6 is 0 Å². The van der Waals surface area contributed by atoms with Crippen LogP contribution in [0.25, 0.3) is 10.8 Å². The molecule has 0 aliphatic rings. The number of halogens is 3. The van der Waals surface area contributed by atoms with Crippen molar-refractivity contribution in [1.29, 1.82) is 0 Å². The van der Waals surface area contributed by atoms with E-state index in [0.29, 0.717) is 5.75 Å². The lowest BCUT2D eigenvalue weighted by Crippen LogP contribution is -2.21. The van der Waals surface area contributed by atoms with Gasteiger partial charge in [-0.15, -0.1) is 0 Å². The molecule has 9 heteroatoms. The zero-order chi connectivity index (χ0) is 15.6. The van der Waals surface area contributed by atoms with Crippen LogP contribution in [-0.2, 0) is 22.7 Å². The molecule has 0 atom stereocenters. The summed E-state index contributed by atoms with van der Waals surface area (Å²) in [6.45, 7) is 0. The molecule has 0 fully saturated rings. The highest BCUT2D eigenvalue weighted by molar-refractivity contribution is 7.86. The highest BCUT2D eigenvalue weighted by atomic mass is 32.2. The van der Waals surface area contributed by atoms with E-state index in [1.54, 1.807) is 6.07 Å². The van der Waals surface area contributed by atoms with Crippen LogP contribution in [0.15, 0.2) is 41.3 Å². The number of fused-ring (bicyclic) bond motifs is 1. The van der Waals surface area contributed by atoms with Crippen LogP contribution in [-0.4, -0.2) is 23.6 Å². The quantitative estimate of drug-likeness (QED) is 0.456. The molecule has 2 aromatic rings. The maximum Gasteiger partial charge on any atom is 0.485 e. The molecular weight excluding hydrogens is 317 g/mol. The highest BCUT2D eigenvalue weighted by Gasteiger charge is 2.36. The number of hydrogen-bond donors (Lipinski definition) is 1. The number of aromatic hydroxyl groups is 1. The molecule has 0 aromatic heterocycles. The molecule has 0 aliphatic carbocycles. The monoisotopic (exact) mass is 326 g/mol. The van der Waals surface area contributed by atoms with Crippen LogP contribution in [0.5, 0.6) is 5.75 Å². The maximum absolute atomic E-state index is 10.7. The fraction of sp³-hybridized carbons (Fsp3) is 0.0909. The Balaban J connectivity index is 0.000000221. The zero-order valence-electron chi connectivity index (χ0n) is 9.68. The average molecular weight is 326 g/mol. The zero-order valence-corrected chi connectivity index (χ0v) is 11.5. The van der Waals surface area contributed by atoms with Crippen molar-refractivity contribution in [1.82, 2.24) is 0 Å². The summed E-state index contributed by atoms with van der Waals surface area (Å²) in [5.74, 6) is 0.318. The van der Waals surface area contributed by atoms with Crippen LogP contribution in [0, 0.1) is 0 Å². The Bertz CT molecular complexity index is 711. The van der Waals surface area contributed by atoms with E-state index in [1.807, 2.05) is 30.3 Å². The van der Waals surface area contributed by atoms with Gasteiger partial charge in [0.2, 0.25) is 0 Å². The SMILES string of the molecule is O=S(=O)([O-])C(F)(F)F.Oc1cc([SH2+])cc2ccccc12. The minimum Gasteiger partial charge on any atom is -0.741 e. The standard InChI is InChI=1S/C10H8OS.CHF3O3S/c11-10-6-8(12)5-7-3-1-2-4-9(7)10;2-1(3,4)8(5,6)7/h1-6,11-12H;(H,5,6,7). The van der Waals surface area contributed by atoms with Gasteiger partial charge in [0.15, 0.2) is 15.0 Å². The van der Waals surface area contributed by atoms with Crippen LogP contribution < -0.4 is 0 Å². The maximum atomic E-state index is 10.7. The third-order valence-corrected chi connectivity index (χ3v) is 2.98. The summed E-state index contributed by atoms with van der Waals surface area (Å²) in [7, 11) is -6.09. The molecule has 1 N–H and O–H groups in total. The first kappa shape index (κ1) is 16.6. The highest BCUT2D eigenvalue weighted by Crippen LogP contribution is 2.25. The van der Waals surface area contributed by atoms with Gasteiger partial charge < -0.3 is 9.66 Å². The molecule has 0 aliphatic heterocycles. The summed E-state index contributed by atoms with van der Waals surface area (Å²) in [5, 5.41) is 11.5. The normalized spacial score (nSPS) is 11.8. The van der Waals surface area contributed by atoms with Crippen molar-refractivity contribution in [3.63, 3.8) is 0 Å². The molecule has 0 radical (unpaired) electrons. The molecular formula is C11H9F3O4S2. The van der Waals surface area contributed by atoms with E-state index in [9.17, 15) is 18.3 Å². The second kappa shape index (κ2) is 5.90. The van der Waals surface area contributed by atoms with Gasteiger partial charge in [-0.2, -0.15) is 13.2 Å². The predicted molar refractivity (Wildman–Crippen MR) is 69.8 cm³/mol. The lowest BCUT2D eigenvalue weighted by molar-refractivity contribution is -0.0517. The Labute approximate surface area is 118 Å². The molecule has 0 heterocycles. The third-order valence-electron chi connectivity index (χ3n) is 2.12. The van der Waals surface area contributed by atoms with Crippen LogP contribution in [0.4, 0.5) is 13.2 Å². The molecule has 110 valence electrons. The molecule has 20 heavy (non-hydrogen) atoms. The first-order valence-electron chi connectivity index (χ1n) is 4.98. The van der Waals surface area contributed by atoms with Crippen molar-refractivity contribution in [3.8, 4) is 5.75 Å². The van der Waals surface area contributed by atoms with Crippen molar-refractivity contribution < 1.29 is 31.2 Å². The van der Waals surface area contributed by atoms with Crippen molar-refractivity contribution >= 4 is 33.5 Å². The summed E-state index contributed by atoms with van der Waals surface area (Å²) >= 11 is 3.37. The van der Waals surface area contributed by atoms with Gasteiger partial charge >= 0.3 is 5.51 Å². The Morgan fingerprint density at radius 1 is 1.15 bits per heavy atom. The van der Waals surface area contributed by atoms with Crippen LogP contribution in [0.2, 0.25) is 0 Å². The molecule has 4 nitrogen and oxygen atoms in total. The van der Waals surface area contributed by atoms with E-state index in [2.05, 4.69) is 12.6 Å². The summed E-state index contributed by atoms with van der Waals surface area (Å²) in [6.07, 6.45) is 0. The van der Waals surface area contributed by atoms with E-state index >= 15 is 0 Å². The first-order valence-corrected chi connectivity index (χ1v) is 6.88. The Hall–Kier alpha value is -1.45. The molecule has 0 saturated carbocycles. The molecule has 0 bridgehead atoms. The number of hydrogen-bond acceptors (Lipinski definition) is 4. The van der Waals surface area contributed by atoms with Gasteiger partial charge in [0, 0.05) is 17.5 Å². The van der Waals surface area contributed by atoms with Gasteiger partial charge in [0.05, 0.1) is 0 Å².